The molecule has 26 heavy (non-hydrogen) atoms. The molecule has 5 nitrogen and oxygen atoms in total. The van der Waals surface area contributed by atoms with Crippen molar-refractivity contribution in [3.05, 3.63) is 70.3 Å². The highest BCUT2D eigenvalue weighted by Gasteiger charge is 2.28. The van der Waals surface area contributed by atoms with Crippen LogP contribution in [0.4, 0.5) is 5.69 Å². The number of carbonyl (C=O) groups is 1. The number of nitrogens with one attached hydrogen (secondary N) is 1. The lowest BCUT2D eigenvalue weighted by Crippen LogP contribution is -2.25. The van der Waals surface area contributed by atoms with Crippen molar-refractivity contribution >= 4 is 22.5 Å². The summed E-state index contributed by atoms with van der Waals surface area (Å²) < 4.78 is 1.79. The summed E-state index contributed by atoms with van der Waals surface area (Å²) in [6.45, 7) is 1.99. The number of hydrogen-bond acceptors (Lipinski definition) is 3. The number of aromatic nitrogens is 2. The van der Waals surface area contributed by atoms with Gasteiger partial charge >= 0.3 is 0 Å². The Balaban J connectivity index is 1.56. The van der Waals surface area contributed by atoms with Crippen LogP contribution in [-0.2, 0) is 11.2 Å². The maximum Gasteiger partial charge on any atom is 0.261 e. The first-order valence-electron chi connectivity index (χ1n) is 8.98. The third kappa shape index (κ3) is 3.38. The SMILES string of the molecule is Cc1cccc(NC(=O)CCc2nc3ccccc3c(=O)n2C2CC2)c1. The summed E-state index contributed by atoms with van der Waals surface area (Å²) in [7, 11) is 0. The van der Waals surface area contributed by atoms with Crippen LogP contribution in [0, 0.1) is 6.92 Å². The molecule has 1 fully saturated rings. The Bertz CT molecular complexity index is 1030. The van der Waals surface area contributed by atoms with Crippen LogP contribution >= 0.6 is 0 Å². The summed E-state index contributed by atoms with van der Waals surface area (Å²) >= 11 is 0. The second-order valence-electron chi connectivity index (χ2n) is 6.87. The number of anilines is 1. The van der Waals surface area contributed by atoms with E-state index >= 15 is 0 Å². The molecule has 1 aliphatic rings. The zero-order valence-electron chi connectivity index (χ0n) is 14.7. The lowest BCUT2D eigenvalue weighted by atomic mass is 10.2. The maximum absolute atomic E-state index is 12.8. The topological polar surface area (TPSA) is 64.0 Å². The molecule has 1 aliphatic carbocycles. The minimum Gasteiger partial charge on any atom is -0.326 e. The Morgan fingerprint density at radius 2 is 2.00 bits per heavy atom. The summed E-state index contributed by atoms with van der Waals surface area (Å²) in [6, 6.07) is 15.4. The Kier molecular flexibility index (Phi) is 4.29. The first-order chi connectivity index (χ1) is 12.6. The Labute approximate surface area is 151 Å². The van der Waals surface area contributed by atoms with E-state index in [9.17, 15) is 9.59 Å². The molecule has 1 aromatic heterocycles. The van der Waals surface area contributed by atoms with E-state index in [-0.39, 0.29) is 17.5 Å². The standard InChI is InChI=1S/C21H21N3O2/c1-14-5-4-6-15(13-14)22-20(25)12-11-19-23-18-8-3-2-7-17(18)21(26)24(19)16-9-10-16/h2-8,13,16H,9-12H2,1H3,(H,22,25). The molecule has 0 atom stereocenters. The van der Waals surface area contributed by atoms with Crippen molar-refractivity contribution in [1.29, 1.82) is 0 Å². The van der Waals surface area contributed by atoms with Crippen LogP contribution in [0.25, 0.3) is 10.9 Å². The summed E-state index contributed by atoms with van der Waals surface area (Å²) in [5.41, 5.74) is 2.60. The number of fused-ring (bicyclic) bond motifs is 1. The molecule has 2 aromatic carbocycles. The van der Waals surface area contributed by atoms with E-state index < -0.39 is 0 Å². The van der Waals surface area contributed by atoms with Gasteiger partial charge in [-0.1, -0.05) is 24.3 Å². The smallest absolute Gasteiger partial charge is 0.261 e. The first kappa shape index (κ1) is 16.5. The normalized spacial score (nSPS) is 13.7. The molecule has 0 aliphatic heterocycles. The number of rotatable bonds is 5. The fourth-order valence-corrected chi connectivity index (χ4v) is 3.25. The molecule has 1 heterocycles. The maximum atomic E-state index is 12.8. The molecule has 1 saturated carbocycles. The highest BCUT2D eigenvalue weighted by molar-refractivity contribution is 5.90. The highest BCUT2D eigenvalue weighted by atomic mass is 16.1. The average molecular weight is 347 g/mol. The molecule has 5 heteroatoms. The van der Waals surface area contributed by atoms with Crippen LogP contribution < -0.4 is 10.9 Å². The second-order valence-corrected chi connectivity index (χ2v) is 6.87. The van der Waals surface area contributed by atoms with E-state index in [1.165, 1.54) is 0 Å². The van der Waals surface area contributed by atoms with Crippen LogP contribution in [-0.4, -0.2) is 15.5 Å². The fourth-order valence-electron chi connectivity index (χ4n) is 3.25. The number of para-hydroxylation sites is 1. The molecular formula is C21H21N3O2. The molecule has 1 N–H and O–H groups in total. The van der Waals surface area contributed by atoms with Crippen molar-refractivity contribution in [2.75, 3.05) is 5.32 Å². The second kappa shape index (κ2) is 6.75. The van der Waals surface area contributed by atoms with E-state index in [4.69, 9.17) is 0 Å². The van der Waals surface area contributed by atoms with E-state index in [0.717, 1.165) is 24.1 Å². The van der Waals surface area contributed by atoms with Gasteiger partial charge in [-0.2, -0.15) is 0 Å². The third-order valence-electron chi connectivity index (χ3n) is 4.67. The van der Waals surface area contributed by atoms with Gasteiger partial charge in [0.15, 0.2) is 0 Å². The lowest BCUT2D eigenvalue weighted by molar-refractivity contribution is -0.116. The summed E-state index contributed by atoms with van der Waals surface area (Å²) in [5, 5.41) is 3.56. The first-order valence-corrected chi connectivity index (χ1v) is 8.98. The molecule has 3 aromatic rings. The van der Waals surface area contributed by atoms with Crippen LogP contribution in [0.5, 0.6) is 0 Å². The van der Waals surface area contributed by atoms with Crippen molar-refractivity contribution in [3.8, 4) is 0 Å². The lowest BCUT2D eigenvalue weighted by Gasteiger charge is -2.13. The van der Waals surface area contributed by atoms with Gasteiger partial charge in [-0.3, -0.25) is 14.2 Å². The van der Waals surface area contributed by atoms with Crippen LogP contribution in [0.15, 0.2) is 53.3 Å². The van der Waals surface area contributed by atoms with Gasteiger partial charge in [0.05, 0.1) is 10.9 Å². The minimum atomic E-state index is -0.0691. The van der Waals surface area contributed by atoms with Crippen molar-refractivity contribution in [1.82, 2.24) is 9.55 Å². The molecule has 0 saturated heterocycles. The molecule has 1 amide bonds. The quantitative estimate of drug-likeness (QED) is 0.767. The predicted octanol–water partition coefficient (Wildman–Crippen LogP) is 3.61. The number of nitrogens with zero attached hydrogens (tertiary/aromatic N) is 2. The molecular weight excluding hydrogens is 326 g/mol. The van der Waals surface area contributed by atoms with Crippen molar-refractivity contribution in [2.45, 2.75) is 38.6 Å². The molecule has 0 unspecified atom stereocenters. The van der Waals surface area contributed by atoms with Gasteiger partial charge in [0.1, 0.15) is 5.82 Å². The monoisotopic (exact) mass is 347 g/mol. The number of aryl methyl sites for hydroxylation is 2. The van der Waals surface area contributed by atoms with E-state index in [1.807, 2.05) is 55.5 Å². The molecule has 0 spiro atoms. The zero-order chi connectivity index (χ0) is 18.1. The Hall–Kier alpha value is -2.95. The van der Waals surface area contributed by atoms with Crippen molar-refractivity contribution < 1.29 is 4.79 Å². The molecule has 0 bridgehead atoms. The summed E-state index contributed by atoms with van der Waals surface area (Å²) in [6.07, 6.45) is 2.75. The molecule has 4 rings (SSSR count). The molecule has 0 radical (unpaired) electrons. The van der Waals surface area contributed by atoms with Gasteiger partial charge in [-0.05, 0) is 49.6 Å². The fraction of sp³-hybridized carbons (Fsp3) is 0.286. The number of carbonyl (C=O) groups excluding carboxylic acids is 1. The van der Waals surface area contributed by atoms with Crippen LogP contribution in [0.3, 0.4) is 0 Å². The Morgan fingerprint density at radius 3 is 2.77 bits per heavy atom. The number of benzene rings is 2. The van der Waals surface area contributed by atoms with E-state index in [2.05, 4.69) is 10.3 Å². The van der Waals surface area contributed by atoms with Gasteiger partial charge in [-0.25, -0.2) is 4.98 Å². The van der Waals surface area contributed by atoms with Gasteiger partial charge in [-0.15, -0.1) is 0 Å². The number of hydrogen-bond donors (Lipinski definition) is 1. The summed E-state index contributed by atoms with van der Waals surface area (Å²) in [4.78, 5) is 29.8. The Morgan fingerprint density at radius 1 is 1.19 bits per heavy atom. The van der Waals surface area contributed by atoms with Gasteiger partial charge < -0.3 is 5.32 Å². The van der Waals surface area contributed by atoms with E-state index in [1.54, 1.807) is 4.57 Å². The van der Waals surface area contributed by atoms with Gasteiger partial charge in [0.2, 0.25) is 5.91 Å². The largest absolute Gasteiger partial charge is 0.326 e. The number of amides is 1. The van der Waals surface area contributed by atoms with Crippen molar-refractivity contribution in [3.63, 3.8) is 0 Å². The van der Waals surface area contributed by atoms with E-state index in [0.29, 0.717) is 29.6 Å². The average Bonchev–Trinajstić information content (AvgIpc) is 3.45. The van der Waals surface area contributed by atoms with Crippen LogP contribution in [0.1, 0.15) is 36.7 Å². The third-order valence-corrected chi connectivity index (χ3v) is 4.67. The van der Waals surface area contributed by atoms with Gasteiger partial charge in [0.25, 0.3) is 5.56 Å². The summed E-state index contributed by atoms with van der Waals surface area (Å²) in [5.74, 6) is 0.635. The highest BCUT2D eigenvalue weighted by Crippen LogP contribution is 2.34. The molecule has 132 valence electrons. The van der Waals surface area contributed by atoms with Crippen molar-refractivity contribution in [2.24, 2.45) is 0 Å². The predicted molar refractivity (Wildman–Crippen MR) is 102 cm³/mol. The van der Waals surface area contributed by atoms with Crippen LogP contribution in [0.2, 0.25) is 0 Å². The minimum absolute atomic E-state index is 0.00666. The zero-order valence-corrected chi connectivity index (χ0v) is 14.7. The van der Waals surface area contributed by atoms with Gasteiger partial charge in [0, 0.05) is 24.6 Å².